The highest BCUT2D eigenvalue weighted by Crippen LogP contribution is 2.34. The maximum absolute atomic E-state index is 13.2. The fraction of sp³-hybridized carbons (Fsp3) is 0.192. The van der Waals surface area contributed by atoms with E-state index in [9.17, 15) is 9.59 Å². The van der Waals surface area contributed by atoms with Crippen molar-refractivity contribution >= 4 is 34.9 Å². The summed E-state index contributed by atoms with van der Waals surface area (Å²) in [6.07, 6.45) is 0.511. The van der Waals surface area contributed by atoms with Crippen molar-refractivity contribution in [1.82, 2.24) is 5.01 Å². The van der Waals surface area contributed by atoms with E-state index in [2.05, 4.69) is 5.10 Å². The van der Waals surface area contributed by atoms with Gasteiger partial charge in [-0.2, -0.15) is 5.10 Å². The molecule has 0 bridgehead atoms. The number of amides is 1. The molecule has 1 heterocycles. The van der Waals surface area contributed by atoms with E-state index in [-0.39, 0.29) is 28.1 Å². The van der Waals surface area contributed by atoms with E-state index in [1.54, 1.807) is 7.11 Å². The molecule has 0 spiro atoms. The number of hydrogen-bond acceptors (Lipinski definition) is 7. The van der Waals surface area contributed by atoms with Crippen LogP contribution in [0.15, 0.2) is 71.8 Å². The molecule has 1 aliphatic heterocycles. The second-order valence-electron chi connectivity index (χ2n) is 7.79. The summed E-state index contributed by atoms with van der Waals surface area (Å²) in [4.78, 5) is 25.9. The van der Waals surface area contributed by atoms with Gasteiger partial charge in [-0.3, -0.25) is 4.79 Å². The maximum atomic E-state index is 13.2. The van der Waals surface area contributed by atoms with Crippen LogP contribution < -0.4 is 15.2 Å². The fourth-order valence-electron chi connectivity index (χ4n) is 3.80. The van der Waals surface area contributed by atoms with Gasteiger partial charge in [-0.05, 0) is 29.3 Å². The van der Waals surface area contributed by atoms with Gasteiger partial charge in [0.05, 0.1) is 36.7 Å². The van der Waals surface area contributed by atoms with Crippen molar-refractivity contribution in [2.75, 3.05) is 26.6 Å². The first-order chi connectivity index (χ1) is 16.9. The number of benzene rings is 3. The molecule has 0 radical (unpaired) electrons. The van der Waals surface area contributed by atoms with E-state index in [1.165, 1.54) is 24.3 Å². The number of hydrazone groups is 1. The van der Waals surface area contributed by atoms with Crippen LogP contribution in [0.1, 0.15) is 33.9 Å². The summed E-state index contributed by atoms with van der Waals surface area (Å²) < 4.78 is 15.7. The minimum atomic E-state index is -0.760. The summed E-state index contributed by atoms with van der Waals surface area (Å²) in [5.74, 6) is -0.319. The molecule has 1 atom stereocenters. The number of hydrogen-bond donors (Lipinski definition) is 1. The molecule has 8 nitrogen and oxygen atoms in total. The quantitative estimate of drug-likeness (QED) is 0.384. The molecule has 180 valence electrons. The van der Waals surface area contributed by atoms with Crippen LogP contribution in [0.4, 0.5) is 5.69 Å². The Hall–Kier alpha value is -4.04. The predicted molar refractivity (Wildman–Crippen MR) is 133 cm³/mol. The van der Waals surface area contributed by atoms with Crippen LogP contribution in [-0.4, -0.2) is 43.4 Å². The Morgan fingerprint density at radius 1 is 1.06 bits per heavy atom. The highest BCUT2D eigenvalue weighted by Gasteiger charge is 2.33. The van der Waals surface area contributed by atoms with Gasteiger partial charge >= 0.3 is 5.97 Å². The molecule has 0 saturated heterocycles. The van der Waals surface area contributed by atoms with E-state index < -0.39 is 18.5 Å². The second-order valence-corrected chi connectivity index (χ2v) is 8.20. The number of methoxy groups -OCH3 is 2. The van der Waals surface area contributed by atoms with Gasteiger partial charge in [0.1, 0.15) is 17.1 Å². The average molecular weight is 494 g/mol. The normalized spacial score (nSPS) is 14.9. The molecule has 0 aromatic heterocycles. The van der Waals surface area contributed by atoms with Gasteiger partial charge in [0.2, 0.25) is 0 Å². The molecule has 1 aliphatic rings. The van der Waals surface area contributed by atoms with Gasteiger partial charge in [-0.1, -0.05) is 54.1 Å². The molecule has 0 aliphatic carbocycles. The largest absolute Gasteiger partial charge is 0.497 e. The van der Waals surface area contributed by atoms with Gasteiger partial charge in [0.25, 0.3) is 5.91 Å². The van der Waals surface area contributed by atoms with Gasteiger partial charge in [0, 0.05) is 12.5 Å². The van der Waals surface area contributed by atoms with E-state index in [4.69, 9.17) is 31.5 Å². The van der Waals surface area contributed by atoms with E-state index in [0.29, 0.717) is 12.2 Å². The van der Waals surface area contributed by atoms with Gasteiger partial charge in [-0.25, -0.2) is 9.80 Å². The lowest BCUT2D eigenvalue weighted by Gasteiger charge is -2.22. The second kappa shape index (κ2) is 10.5. The molecule has 9 heteroatoms. The molecule has 0 saturated carbocycles. The van der Waals surface area contributed by atoms with Crippen molar-refractivity contribution < 1.29 is 23.8 Å². The van der Waals surface area contributed by atoms with Gasteiger partial charge in [-0.15, -0.1) is 0 Å². The molecule has 35 heavy (non-hydrogen) atoms. The van der Waals surface area contributed by atoms with Crippen LogP contribution in [0.5, 0.6) is 11.5 Å². The minimum Gasteiger partial charge on any atom is -0.497 e. The zero-order valence-electron chi connectivity index (χ0n) is 19.2. The lowest BCUT2D eigenvalue weighted by molar-refractivity contribution is -0.136. The molecular weight excluding hydrogens is 470 g/mol. The highest BCUT2D eigenvalue weighted by molar-refractivity contribution is 6.33. The zero-order valence-corrected chi connectivity index (χ0v) is 20.0. The topological polar surface area (TPSA) is 103 Å². The van der Waals surface area contributed by atoms with Crippen LogP contribution in [0.25, 0.3) is 0 Å². The Labute approximate surface area is 207 Å². The first kappa shape index (κ1) is 24.1. The van der Waals surface area contributed by atoms with Crippen molar-refractivity contribution in [2.24, 2.45) is 5.10 Å². The van der Waals surface area contributed by atoms with Crippen molar-refractivity contribution in [3.63, 3.8) is 0 Å². The standard InChI is InChI=1S/C26H24ClN3O5/c1-33-18-10-8-17(9-11-18)23-14-22(16-6-4-3-5-7-16)29-30(23)25(31)15-35-26(32)19-12-20(27)21(28)13-24(19)34-2/h3-13,23H,14-15,28H2,1-2H3/t23-/m1/s1. The van der Waals surface area contributed by atoms with Crippen LogP contribution >= 0.6 is 11.6 Å². The summed E-state index contributed by atoms with van der Waals surface area (Å²) in [5.41, 5.74) is 8.67. The smallest absolute Gasteiger partial charge is 0.342 e. The van der Waals surface area contributed by atoms with Crippen LogP contribution in [0.2, 0.25) is 5.02 Å². The van der Waals surface area contributed by atoms with Gasteiger partial charge in [0.15, 0.2) is 6.61 Å². The SMILES string of the molecule is COc1ccc([C@H]2CC(c3ccccc3)=NN2C(=O)COC(=O)c2cc(Cl)c(N)cc2OC)cc1. The predicted octanol–water partition coefficient (Wildman–Crippen LogP) is 4.47. The summed E-state index contributed by atoms with van der Waals surface area (Å²) in [5, 5.41) is 6.13. The third-order valence-corrected chi connectivity index (χ3v) is 5.97. The number of halogens is 1. The third kappa shape index (κ3) is 5.22. The van der Waals surface area contributed by atoms with Crippen molar-refractivity contribution in [2.45, 2.75) is 12.5 Å². The first-order valence-electron chi connectivity index (χ1n) is 10.8. The Morgan fingerprint density at radius 3 is 2.43 bits per heavy atom. The average Bonchev–Trinajstić information content (AvgIpc) is 3.34. The van der Waals surface area contributed by atoms with Gasteiger partial charge < -0.3 is 19.9 Å². The molecular formula is C26H24ClN3O5. The number of nitrogen functional groups attached to an aromatic ring is 1. The Morgan fingerprint density at radius 2 is 1.77 bits per heavy atom. The van der Waals surface area contributed by atoms with Crippen LogP contribution in [0, 0.1) is 0 Å². The molecule has 1 amide bonds. The molecule has 2 N–H and O–H groups in total. The van der Waals surface area contributed by atoms with E-state index in [0.717, 1.165) is 16.8 Å². The third-order valence-electron chi connectivity index (χ3n) is 5.64. The number of nitrogens with two attached hydrogens (primary N) is 1. The van der Waals surface area contributed by atoms with Crippen molar-refractivity contribution in [3.05, 3.63) is 88.4 Å². The fourth-order valence-corrected chi connectivity index (χ4v) is 3.96. The molecule has 0 fully saturated rings. The number of carbonyl (C=O) groups excluding carboxylic acids is 2. The minimum absolute atomic E-state index is 0.0705. The Bertz CT molecular complexity index is 1260. The summed E-state index contributed by atoms with van der Waals surface area (Å²) >= 11 is 6.05. The number of anilines is 1. The Balaban J connectivity index is 1.55. The molecule has 0 unspecified atom stereocenters. The number of ether oxygens (including phenoxy) is 3. The maximum Gasteiger partial charge on any atom is 0.342 e. The number of carbonyl (C=O) groups is 2. The summed E-state index contributed by atoms with van der Waals surface area (Å²) in [6.45, 7) is -0.512. The van der Waals surface area contributed by atoms with Crippen molar-refractivity contribution in [1.29, 1.82) is 0 Å². The van der Waals surface area contributed by atoms with E-state index in [1.807, 2.05) is 54.6 Å². The summed E-state index contributed by atoms with van der Waals surface area (Å²) in [7, 11) is 2.99. The lowest BCUT2D eigenvalue weighted by atomic mass is 9.98. The number of esters is 1. The molecule has 3 aromatic rings. The number of rotatable bonds is 7. The van der Waals surface area contributed by atoms with Crippen LogP contribution in [-0.2, 0) is 9.53 Å². The molecule has 3 aromatic carbocycles. The Kier molecular flexibility index (Phi) is 7.22. The lowest BCUT2D eigenvalue weighted by Crippen LogP contribution is -2.31. The van der Waals surface area contributed by atoms with E-state index >= 15 is 0 Å². The first-order valence-corrected chi connectivity index (χ1v) is 11.2. The summed E-state index contributed by atoms with van der Waals surface area (Å²) in [6, 6.07) is 19.5. The van der Waals surface area contributed by atoms with Crippen molar-refractivity contribution in [3.8, 4) is 11.5 Å². The zero-order chi connectivity index (χ0) is 24.9. The monoisotopic (exact) mass is 493 g/mol. The molecule has 4 rings (SSSR count). The number of nitrogens with zero attached hydrogens (tertiary/aromatic N) is 2. The highest BCUT2D eigenvalue weighted by atomic mass is 35.5. The van der Waals surface area contributed by atoms with Crippen LogP contribution in [0.3, 0.4) is 0 Å².